The smallest absolute Gasteiger partial charge is 0.329 e. The number of cyclic esters (lactones) is 1. The van der Waals surface area contributed by atoms with Crippen molar-refractivity contribution in [2.75, 3.05) is 19.6 Å². The Morgan fingerprint density at radius 1 is 0.879 bits per heavy atom. The number of aryl methyl sites for hydroxylation is 1. The molecule has 0 saturated carbocycles. The first-order chi connectivity index (χ1) is 27.6. The summed E-state index contributed by atoms with van der Waals surface area (Å²) in [5, 5.41) is 19.7. The molecule has 9 atom stereocenters. The van der Waals surface area contributed by atoms with E-state index in [0.717, 1.165) is 11.1 Å². The van der Waals surface area contributed by atoms with Crippen LogP contribution in [0.15, 0.2) is 48.5 Å². The first kappa shape index (κ1) is 42.6. The van der Waals surface area contributed by atoms with Crippen LogP contribution in [0.25, 0.3) is 0 Å². The monoisotopic (exact) mass is 820 g/mol. The zero-order valence-electron chi connectivity index (χ0n) is 33.3. The van der Waals surface area contributed by atoms with E-state index in [2.05, 4.69) is 16.0 Å². The van der Waals surface area contributed by atoms with Crippen molar-refractivity contribution in [3.05, 3.63) is 70.2 Å². The van der Waals surface area contributed by atoms with Gasteiger partial charge in [-0.1, -0.05) is 60.5 Å². The SMILES string of the molecule is Cc1cccc(C[C@H](NC(=O)Cc2cccc(Cl)c2)C(=O)N[C@@H]2C(=O)N3C[C@H](O)C[C@H]3C(=O)N3CCCC[C@H]3C(=O)N[C@@H](C)C(=O)N3C[C@H](C)C[C@H]3C(=O)O[C@H]2C)c1. The second kappa shape index (κ2) is 18.3. The number of aliphatic hydroxyl groups is 1. The fraction of sp³-hybridized carbons (Fsp3) is 0.548. The van der Waals surface area contributed by atoms with Crippen LogP contribution in [0.3, 0.4) is 0 Å². The number of nitrogens with one attached hydrogen (secondary N) is 3. The molecule has 4 N–H and O–H groups in total. The topological polar surface area (TPSA) is 195 Å². The minimum atomic E-state index is -1.59. The van der Waals surface area contributed by atoms with E-state index in [1.165, 1.54) is 28.5 Å². The number of carbonyl (C=O) groups is 7. The molecule has 4 heterocycles. The highest BCUT2D eigenvalue weighted by molar-refractivity contribution is 6.30. The van der Waals surface area contributed by atoms with Gasteiger partial charge >= 0.3 is 5.97 Å². The maximum absolute atomic E-state index is 14.8. The van der Waals surface area contributed by atoms with Gasteiger partial charge in [0.05, 0.1) is 12.5 Å². The van der Waals surface area contributed by atoms with E-state index in [4.69, 9.17) is 16.3 Å². The van der Waals surface area contributed by atoms with Crippen molar-refractivity contribution in [1.29, 1.82) is 0 Å². The molecule has 6 rings (SSSR count). The molecule has 0 aliphatic carbocycles. The van der Waals surface area contributed by atoms with Gasteiger partial charge in [-0.3, -0.25) is 28.8 Å². The lowest BCUT2D eigenvalue weighted by molar-refractivity contribution is -0.163. The number of nitrogens with zero attached hydrogens (tertiary/aromatic N) is 3. The van der Waals surface area contributed by atoms with Crippen molar-refractivity contribution in [3.63, 3.8) is 0 Å². The molecule has 2 aromatic rings. The van der Waals surface area contributed by atoms with E-state index in [1.807, 2.05) is 38.1 Å². The third-order valence-corrected chi connectivity index (χ3v) is 11.7. The minimum absolute atomic E-state index is 0.0427. The Morgan fingerprint density at radius 3 is 2.34 bits per heavy atom. The summed E-state index contributed by atoms with van der Waals surface area (Å²) in [6.45, 7) is 6.95. The van der Waals surface area contributed by atoms with Crippen molar-refractivity contribution in [2.45, 2.75) is 121 Å². The van der Waals surface area contributed by atoms with Gasteiger partial charge in [0.2, 0.25) is 35.4 Å². The Hall–Kier alpha value is -5.02. The van der Waals surface area contributed by atoms with Crippen LogP contribution in [0.4, 0.5) is 0 Å². The maximum Gasteiger partial charge on any atom is 0.329 e. The third kappa shape index (κ3) is 9.80. The zero-order valence-corrected chi connectivity index (χ0v) is 34.1. The highest BCUT2D eigenvalue weighted by Gasteiger charge is 2.49. The Morgan fingerprint density at radius 2 is 1.60 bits per heavy atom. The Kier molecular flexibility index (Phi) is 13.4. The molecule has 312 valence electrons. The van der Waals surface area contributed by atoms with Crippen LogP contribution in [0, 0.1) is 12.8 Å². The number of rotatable bonds is 7. The van der Waals surface area contributed by atoms with Crippen molar-refractivity contribution >= 4 is 53.0 Å². The summed E-state index contributed by atoms with van der Waals surface area (Å²) in [7, 11) is 0. The Labute approximate surface area is 343 Å². The predicted molar refractivity (Wildman–Crippen MR) is 212 cm³/mol. The zero-order chi connectivity index (χ0) is 41.8. The van der Waals surface area contributed by atoms with E-state index in [0.29, 0.717) is 29.8 Å². The fourth-order valence-corrected chi connectivity index (χ4v) is 8.80. The lowest BCUT2D eigenvalue weighted by Gasteiger charge is -2.39. The fourth-order valence-electron chi connectivity index (χ4n) is 8.59. The molecule has 4 saturated heterocycles. The van der Waals surface area contributed by atoms with Crippen LogP contribution in [0.5, 0.6) is 0 Å². The number of hydrogen-bond donors (Lipinski definition) is 4. The van der Waals surface area contributed by atoms with Gasteiger partial charge in [0.1, 0.15) is 42.4 Å². The molecular weight excluding hydrogens is 768 g/mol. The number of amides is 6. The average molecular weight is 821 g/mol. The average Bonchev–Trinajstić information content (AvgIpc) is 3.77. The summed E-state index contributed by atoms with van der Waals surface area (Å²) in [4.78, 5) is 103. The van der Waals surface area contributed by atoms with Gasteiger partial charge in [-0.25, -0.2) is 4.79 Å². The number of carbonyl (C=O) groups excluding carboxylic acids is 7. The molecule has 58 heavy (non-hydrogen) atoms. The molecule has 4 aliphatic heterocycles. The summed E-state index contributed by atoms with van der Waals surface area (Å²) in [6, 6.07) is 7.21. The molecule has 0 bridgehead atoms. The normalized spacial score (nSPS) is 28.9. The number of halogens is 1. The Balaban J connectivity index is 1.35. The van der Waals surface area contributed by atoms with E-state index in [-0.39, 0.29) is 51.2 Å². The van der Waals surface area contributed by atoms with Gasteiger partial charge in [0, 0.05) is 37.5 Å². The molecule has 4 aliphatic rings. The number of piperidine rings is 1. The lowest BCUT2D eigenvalue weighted by atomic mass is 9.98. The van der Waals surface area contributed by atoms with Crippen LogP contribution in [0.1, 0.15) is 69.6 Å². The third-order valence-electron chi connectivity index (χ3n) is 11.5. The number of hydrogen-bond acceptors (Lipinski definition) is 9. The van der Waals surface area contributed by atoms with Crippen molar-refractivity contribution < 1.29 is 43.4 Å². The highest BCUT2D eigenvalue weighted by atomic mass is 35.5. The summed E-state index contributed by atoms with van der Waals surface area (Å²) in [5.41, 5.74) is 2.28. The van der Waals surface area contributed by atoms with E-state index in [1.54, 1.807) is 24.3 Å². The van der Waals surface area contributed by atoms with Crippen LogP contribution < -0.4 is 16.0 Å². The van der Waals surface area contributed by atoms with E-state index in [9.17, 15) is 38.7 Å². The molecule has 2 aromatic carbocycles. The Bertz CT molecular complexity index is 1930. The number of aliphatic hydroxyl groups excluding tert-OH is 1. The van der Waals surface area contributed by atoms with Crippen LogP contribution >= 0.6 is 11.6 Å². The first-order valence-electron chi connectivity index (χ1n) is 20.1. The van der Waals surface area contributed by atoms with Crippen LogP contribution in [-0.4, -0.2) is 129 Å². The molecule has 0 aromatic heterocycles. The van der Waals surface area contributed by atoms with Gasteiger partial charge in [0.25, 0.3) is 0 Å². The van der Waals surface area contributed by atoms with Gasteiger partial charge in [-0.2, -0.15) is 0 Å². The summed E-state index contributed by atoms with van der Waals surface area (Å²) < 4.78 is 5.94. The first-order valence-corrected chi connectivity index (χ1v) is 20.5. The van der Waals surface area contributed by atoms with Crippen molar-refractivity contribution in [1.82, 2.24) is 30.7 Å². The quantitative estimate of drug-likeness (QED) is 0.299. The lowest BCUT2D eigenvalue weighted by Crippen LogP contribution is -2.63. The molecule has 16 heteroatoms. The largest absolute Gasteiger partial charge is 0.458 e. The van der Waals surface area contributed by atoms with Gasteiger partial charge < -0.3 is 40.5 Å². The van der Waals surface area contributed by atoms with Crippen LogP contribution in [0.2, 0.25) is 5.02 Å². The molecule has 4 fully saturated rings. The van der Waals surface area contributed by atoms with Gasteiger partial charge in [-0.05, 0) is 75.6 Å². The number of benzene rings is 2. The standard InChI is InChI=1S/C42H53ClN6O9/c1-23-9-7-10-27(15-23)18-31(45-35(51)19-28-11-8-12-29(43)17-28)37(52)46-36-26(4)58-42(57)34-16-24(2)21-48(34)39(54)25(3)44-38(53)32-13-5-6-14-47(32)40(55)33-20-30(50)22-49(33)41(36)56/h7-12,15,17,24-26,30-34,36,50H,5-6,13-14,16,18-22H2,1-4H3,(H,44,53)(H,45,51)(H,46,52)/t24-,25+,26+,30-,31+,32+,33+,34+,36+/m1/s1. The molecule has 6 amide bonds. The van der Waals surface area contributed by atoms with Crippen molar-refractivity contribution in [3.8, 4) is 0 Å². The summed E-state index contributed by atoms with van der Waals surface area (Å²) in [5.74, 6) is -4.50. The number of esters is 1. The molecular formula is C42H53ClN6O9. The van der Waals surface area contributed by atoms with E-state index < -0.39 is 89.9 Å². The van der Waals surface area contributed by atoms with E-state index >= 15 is 0 Å². The number of fused-ring (bicyclic) bond motifs is 3. The van der Waals surface area contributed by atoms with Crippen LogP contribution in [-0.2, 0) is 51.1 Å². The summed E-state index contributed by atoms with van der Waals surface area (Å²) in [6.07, 6.45) is -0.737. The molecule has 0 unspecified atom stereocenters. The molecule has 0 radical (unpaired) electrons. The molecule has 0 spiro atoms. The maximum atomic E-state index is 14.8. The van der Waals surface area contributed by atoms with Crippen molar-refractivity contribution in [2.24, 2.45) is 5.92 Å². The van der Waals surface area contributed by atoms with Gasteiger partial charge in [-0.15, -0.1) is 0 Å². The minimum Gasteiger partial charge on any atom is -0.458 e. The predicted octanol–water partition coefficient (Wildman–Crippen LogP) is 1.43. The highest BCUT2D eigenvalue weighted by Crippen LogP contribution is 2.29. The second-order valence-electron chi connectivity index (χ2n) is 16.3. The molecule has 15 nitrogen and oxygen atoms in total. The second-order valence-corrected chi connectivity index (χ2v) is 16.7. The van der Waals surface area contributed by atoms with Gasteiger partial charge in [0.15, 0.2) is 0 Å². The summed E-state index contributed by atoms with van der Waals surface area (Å²) >= 11 is 6.15. The number of ether oxygens (including phenoxy) is 1.